The fourth-order valence-corrected chi connectivity index (χ4v) is 4.55. The minimum absolute atomic E-state index is 0.0856. The summed E-state index contributed by atoms with van der Waals surface area (Å²) in [5, 5.41) is 21.2. The number of nitrogens with zero attached hydrogens (tertiary/aromatic N) is 3. The lowest BCUT2D eigenvalue weighted by molar-refractivity contribution is 0.0231. The van der Waals surface area contributed by atoms with Crippen LogP contribution in [-0.4, -0.2) is 52.2 Å². The molecule has 174 valence electrons. The molecule has 8 heteroatoms. The summed E-state index contributed by atoms with van der Waals surface area (Å²) in [4.78, 5) is 27.1. The summed E-state index contributed by atoms with van der Waals surface area (Å²) in [5.41, 5.74) is 1.11. The summed E-state index contributed by atoms with van der Waals surface area (Å²) in [5.74, 6) is 1.08. The van der Waals surface area contributed by atoms with Gasteiger partial charge in [0.2, 0.25) is 0 Å². The molecule has 3 heterocycles. The lowest BCUT2D eigenvalue weighted by atomic mass is 9.82. The summed E-state index contributed by atoms with van der Waals surface area (Å²) in [6.45, 7) is 1.44. The van der Waals surface area contributed by atoms with Crippen LogP contribution in [0.2, 0.25) is 0 Å². The molecule has 0 aliphatic carbocycles. The van der Waals surface area contributed by atoms with Crippen LogP contribution >= 0.6 is 0 Å². The Balaban J connectivity index is 1.17. The molecule has 1 fully saturated rings. The van der Waals surface area contributed by atoms with Crippen LogP contribution in [0, 0.1) is 0 Å². The third-order valence-electron chi connectivity index (χ3n) is 6.52. The van der Waals surface area contributed by atoms with Gasteiger partial charge in [0.1, 0.15) is 11.4 Å². The number of aliphatic hydroxyl groups is 1. The van der Waals surface area contributed by atoms with Gasteiger partial charge < -0.3 is 20.1 Å². The van der Waals surface area contributed by atoms with Crippen LogP contribution in [0.5, 0.6) is 5.75 Å². The highest BCUT2D eigenvalue weighted by Crippen LogP contribution is 2.39. The maximum absolute atomic E-state index is 12.6. The van der Waals surface area contributed by atoms with Crippen LogP contribution in [0.15, 0.2) is 66.7 Å². The quantitative estimate of drug-likeness (QED) is 0.606. The van der Waals surface area contributed by atoms with E-state index in [1.54, 1.807) is 24.3 Å². The number of anilines is 1. The molecule has 1 saturated heterocycles. The van der Waals surface area contributed by atoms with E-state index in [0.29, 0.717) is 49.5 Å². The number of ether oxygens (including phenoxy) is 1. The lowest BCUT2D eigenvalue weighted by Gasteiger charge is -2.44. The number of hydrogen-bond donors (Lipinski definition) is 2. The summed E-state index contributed by atoms with van der Waals surface area (Å²) in [6.07, 6.45) is 0.999. The number of piperidine rings is 1. The number of rotatable bonds is 5. The summed E-state index contributed by atoms with van der Waals surface area (Å²) in [7, 11) is 0. The molecule has 0 saturated carbocycles. The molecule has 8 nitrogen and oxygen atoms in total. The Morgan fingerprint density at radius 2 is 1.76 bits per heavy atom. The molecule has 0 radical (unpaired) electrons. The van der Waals surface area contributed by atoms with Gasteiger partial charge in [0, 0.05) is 32.5 Å². The number of Topliss-reactive ketones (excluding diaryl/α,β-unsaturated/α-hetero) is 1. The van der Waals surface area contributed by atoms with Crippen molar-refractivity contribution in [2.75, 3.05) is 24.5 Å². The molecule has 1 amide bonds. The number of hydrogen-bond acceptors (Lipinski definition) is 7. The maximum atomic E-state index is 12.6. The van der Waals surface area contributed by atoms with Crippen LogP contribution in [0.3, 0.4) is 0 Å². The minimum Gasteiger partial charge on any atom is -0.486 e. The number of benzene rings is 2. The van der Waals surface area contributed by atoms with Gasteiger partial charge in [0.05, 0.1) is 18.1 Å². The molecule has 1 aromatic heterocycles. The van der Waals surface area contributed by atoms with E-state index < -0.39 is 11.7 Å². The second kappa shape index (κ2) is 9.23. The van der Waals surface area contributed by atoms with E-state index >= 15 is 0 Å². The zero-order valence-electron chi connectivity index (χ0n) is 18.7. The largest absolute Gasteiger partial charge is 0.486 e. The van der Waals surface area contributed by atoms with E-state index in [1.165, 1.54) is 0 Å². The smallest absolute Gasteiger partial charge is 0.271 e. The zero-order valence-corrected chi connectivity index (χ0v) is 18.7. The van der Waals surface area contributed by atoms with E-state index in [4.69, 9.17) is 4.74 Å². The molecule has 3 aromatic rings. The minimum atomic E-state index is -0.793. The molecule has 2 aliphatic rings. The Kier molecular flexibility index (Phi) is 5.98. The van der Waals surface area contributed by atoms with Crippen molar-refractivity contribution in [3.8, 4) is 5.75 Å². The van der Waals surface area contributed by atoms with E-state index in [-0.39, 0.29) is 23.9 Å². The highest BCUT2D eigenvalue weighted by atomic mass is 16.5. The second-order valence-corrected chi connectivity index (χ2v) is 8.78. The number of aliphatic hydroxyl groups excluding tert-OH is 1. The van der Waals surface area contributed by atoms with E-state index in [9.17, 15) is 14.7 Å². The molecule has 2 aliphatic heterocycles. The fraction of sp³-hybridized carbons (Fsp3) is 0.308. The SMILES string of the molecule is O=C(NCC(O)c1ccccc1)c1ccc(N2CCC3(CC2)CC(=O)c2ccccc2O3)nn1. The first-order chi connectivity index (χ1) is 16.5. The molecule has 1 unspecified atom stereocenters. The van der Waals surface area contributed by atoms with Crippen molar-refractivity contribution >= 4 is 17.5 Å². The van der Waals surface area contributed by atoms with E-state index in [1.807, 2.05) is 42.5 Å². The van der Waals surface area contributed by atoms with Crippen molar-refractivity contribution in [3.05, 3.63) is 83.6 Å². The van der Waals surface area contributed by atoms with Crippen molar-refractivity contribution in [1.82, 2.24) is 15.5 Å². The standard InChI is InChI=1S/C26H26N4O4/c31-21-16-26(34-23-9-5-4-8-19(21)23)12-14-30(15-13-26)24-11-10-20(28-29-24)25(33)27-17-22(32)18-6-2-1-3-7-18/h1-11,22,32H,12-17H2,(H,27,33). The molecule has 2 N–H and O–H groups in total. The Morgan fingerprint density at radius 3 is 2.50 bits per heavy atom. The lowest BCUT2D eigenvalue weighted by Crippen LogP contribution is -2.51. The van der Waals surface area contributed by atoms with Gasteiger partial charge in [0.15, 0.2) is 17.3 Å². The van der Waals surface area contributed by atoms with Gasteiger partial charge >= 0.3 is 0 Å². The highest BCUT2D eigenvalue weighted by molar-refractivity contribution is 6.00. The predicted octanol–water partition coefficient (Wildman–Crippen LogP) is 2.94. The van der Waals surface area contributed by atoms with Crippen LogP contribution in [0.4, 0.5) is 5.82 Å². The van der Waals surface area contributed by atoms with E-state index in [0.717, 1.165) is 5.56 Å². The second-order valence-electron chi connectivity index (χ2n) is 8.78. The third kappa shape index (κ3) is 4.49. The van der Waals surface area contributed by atoms with Crippen LogP contribution in [0.1, 0.15) is 51.8 Å². The number of aromatic nitrogens is 2. The third-order valence-corrected chi connectivity index (χ3v) is 6.52. The average molecular weight is 459 g/mol. The molecule has 2 aromatic carbocycles. The normalized spacial score (nSPS) is 17.6. The Hall–Kier alpha value is -3.78. The number of nitrogens with one attached hydrogen (secondary N) is 1. The van der Waals surface area contributed by atoms with Crippen LogP contribution < -0.4 is 15.0 Å². The number of amides is 1. The molecule has 1 spiro atoms. The van der Waals surface area contributed by atoms with Gasteiger partial charge in [-0.3, -0.25) is 9.59 Å². The fourth-order valence-electron chi connectivity index (χ4n) is 4.55. The number of carbonyl (C=O) groups is 2. The molecule has 0 bridgehead atoms. The zero-order chi connectivity index (χ0) is 23.5. The highest BCUT2D eigenvalue weighted by Gasteiger charge is 2.43. The van der Waals surface area contributed by atoms with Crippen molar-refractivity contribution in [3.63, 3.8) is 0 Å². The van der Waals surface area contributed by atoms with E-state index in [2.05, 4.69) is 20.4 Å². The Morgan fingerprint density at radius 1 is 1.03 bits per heavy atom. The maximum Gasteiger partial charge on any atom is 0.271 e. The summed E-state index contributed by atoms with van der Waals surface area (Å²) < 4.78 is 6.29. The number of ketones is 1. The van der Waals surface area contributed by atoms with Gasteiger partial charge in [-0.15, -0.1) is 10.2 Å². The molecular formula is C26H26N4O4. The molecule has 1 atom stereocenters. The number of para-hydroxylation sites is 1. The number of carbonyl (C=O) groups excluding carboxylic acids is 2. The topological polar surface area (TPSA) is 105 Å². The monoisotopic (exact) mass is 458 g/mol. The Labute approximate surface area is 197 Å². The first kappa shape index (κ1) is 22.0. The number of fused-ring (bicyclic) bond motifs is 1. The average Bonchev–Trinajstić information content (AvgIpc) is 2.88. The van der Waals surface area contributed by atoms with Gasteiger partial charge in [-0.1, -0.05) is 42.5 Å². The van der Waals surface area contributed by atoms with Gasteiger partial charge in [-0.05, 0) is 29.8 Å². The first-order valence-corrected chi connectivity index (χ1v) is 11.4. The first-order valence-electron chi connectivity index (χ1n) is 11.4. The van der Waals surface area contributed by atoms with Gasteiger partial charge in [-0.25, -0.2) is 0 Å². The van der Waals surface area contributed by atoms with Crippen molar-refractivity contribution < 1.29 is 19.4 Å². The van der Waals surface area contributed by atoms with Gasteiger partial charge in [-0.2, -0.15) is 0 Å². The summed E-state index contributed by atoms with van der Waals surface area (Å²) >= 11 is 0. The van der Waals surface area contributed by atoms with Crippen LogP contribution in [0.25, 0.3) is 0 Å². The predicted molar refractivity (Wildman–Crippen MR) is 126 cm³/mol. The molecule has 5 rings (SSSR count). The molecular weight excluding hydrogens is 432 g/mol. The van der Waals surface area contributed by atoms with Crippen molar-refractivity contribution in [2.45, 2.75) is 31.0 Å². The molecule has 34 heavy (non-hydrogen) atoms. The van der Waals surface area contributed by atoms with Crippen molar-refractivity contribution in [2.24, 2.45) is 0 Å². The van der Waals surface area contributed by atoms with Crippen molar-refractivity contribution in [1.29, 1.82) is 0 Å². The Bertz CT molecular complexity index is 1170. The van der Waals surface area contributed by atoms with Crippen LogP contribution in [-0.2, 0) is 0 Å². The summed E-state index contributed by atoms with van der Waals surface area (Å²) in [6, 6.07) is 20.0. The van der Waals surface area contributed by atoms with Gasteiger partial charge in [0.25, 0.3) is 5.91 Å².